The molecule has 1 aliphatic heterocycles. The predicted molar refractivity (Wildman–Crippen MR) is 95.0 cm³/mol. The van der Waals surface area contributed by atoms with Crippen molar-refractivity contribution in [3.63, 3.8) is 0 Å². The van der Waals surface area contributed by atoms with Crippen LogP contribution in [0.2, 0.25) is 0 Å². The molecular formula is C20H28O3. The second kappa shape index (κ2) is 12.7. The lowest BCUT2D eigenvalue weighted by atomic mass is 10.1. The molecule has 0 aromatic rings. The summed E-state index contributed by atoms with van der Waals surface area (Å²) >= 11 is 0. The van der Waals surface area contributed by atoms with Gasteiger partial charge < -0.3 is 9.84 Å². The van der Waals surface area contributed by atoms with Crippen LogP contribution in [0.5, 0.6) is 0 Å². The van der Waals surface area contributed by atoms with Crippen molar-refractivity contribution in [2.45, 2.75) is 57.7 Å². The fraction of sp³-hybridized carbons (Fsp3) is 0.450. The van der Waals surface area contributed by atoms with Crippen LogP contribution in [0.4, 0.5) is 0 Å². The van der Waals surface area contributed by atoms with E-state index in [-0.39, 0.29) is 5.97 Å². The molecule has 0 aromatic carbocycles. The third-order valence-corrected chi connectivity index (χ3v) is 3.39. The number of allylic oxidation sites excluding steroid dienone is 8. The number of ether oxygens (including phenoxy) is 1. The quantitative estimate of drug-likeness (QED) is 0.448. The van der Waals surface area contributed by atoms with Crippen molar-refractivity contribution in [1.82, 2.24) is 0 Å². The summed E-state index contributed by atoms with van der Waals surface area (Å²) in [6.07, 6.45) is 22.8. The van der Waals surface area contributed by atoms with Crippen LogP contribution in [0.15, 0.2) is 60.8 Å². The first-order valence-corrected chi connectivity index (χ1v) is 8.41. The first-order chi connectivity index (χ1) is 11.2. The van der Waals surface area contributed by atoms with Crippen LogP contribution in [-0.4, -0.2) is 23.3 Å². The Morgan fingerprint density at radius 2 is 2.00 bits per heavy atom. The van der Waals surface area contributed by atoms with Crippen LogP contribution >= 0.6 is 0 Å². The molecule has 0 unspecified atom stereocenters. The summed E-state index contributed by atoms with van der Waals surface area (Å²) in [5, 5.41) is 10.1. The minimum absolute atomic E-state index is 0.249. The molecule has 0 amide bonds. The van der Waals surface area contributed by atoms with Crippen molar-refractivity contribution in [2.24, 2.45) is 0 Å². The minimum atomic E-state index is -0.701. The first-order valence-electron chi connectivity index (χ1n) is 8.41. The van der Waals surface area contributed by atoms with Gasteiger partial charge in [0, 0.05) is 6.42 Å². The third-order valence-electron chi connectivity index (χ3n) is 3.39. The molecule has 0 spiro atoms. The second-order valence-electron chi connectivity index (χ2n) is 5.43. The lowest BCUT2D eigenvalue weighted by molar-refractivity contribution is -0.151. The molecule has 126 valence electrons. The number of hydrogen-bond acceptors (Lipinski definition) is 3. The number of cyclic esters (lactones) is 1. The van der Waals surface area contributed by atoms with Gasteiger partial charge in [-0.25, -0.2) is 0 Å². The van der Waals surface area contributed by atoms with Crippen LogP contribution < -0.4 is 0 Å². The minimum Gasteiger partial charge on any atom is -0.455 e. The van der Waals surface area contributed by atoms with Crippen molar-refractivity contribution >= 4 is 5.97 Å². The topological polar surface area (TPSA) is 46.5 Å². The molecule has 1 rings (SSSR count). The number of esters is 1. The van der Waals surface area contributed by atoms with E-state index in [4.69, 9.17) is 4.74 Å². The van der Waals surface area contributed by atoms with Crippen LogP contribution in [0.25, 0.3) is 0 Å². The molecule has 1 aliphatic rings. The molecular weight excluding hydrogens is 288 g/mol. The zero-order valence-corrected chi connectivity index (χ0v) is 13.9. The van der Waals surface area contributed by atoms with Gasteiger partial charge in [-0.3, -0.25) is 4.79 Å². The Hall–Kier alpha value is -1.87. The monoisotopic (exact) mass is 316 g/mol. The average Bonchev–Trinajstić information content (AvgIpc) is 2.54. The van der Waals surface area contributed by atoms with Crippen LogP contribution in [0, 0.1) is 0 Å². The van der Waals surface area contributed by atoms with E-state index in [9.17, 15) is 9.90 Å². The maximum Gasteiger partial charge on any atom is 0.306 e. The Labute approximate surface area is 139 Å². The number of carbonyl (C=O) groups is 1. The van der Waals surface area contributed by atoms with E-state index in [0.29, 0.717) is 12.8 Å². The van der Waals surface area contributed by atoms with Crippen molar-refractivity contribution in [3.8, 4) is 0 Å². The first kappa shape index (κ1) is 19.2. The highest BCUT2D eigenvalue weighted by atomic mass is 16.6. The summed E-state index contributed by atoms with van der Waals surface area (Å²) in [7, 11) is 0. The van der Waals surface area contributed by atoms with E-state index in [1.165, 1.54) is 0 Å². The van der Waals surface area contributed by atoms with E-state index in [1.54, 1.807) is 6.08 Å². The number of hydrogen-bond donors (Lipinski definition) is 1. The largest absolute Gasteiger partial charge is 0.455 e. The SMILES string of the molecule is CC/C=C\C/C=C/C=C/C=C\[C@@H]1OC(=O)CCC/C=C\C[C@H]1O. The molecule has 23 heavy (non-hydrogen) atoms. The molecule has 1 heterocycles. The maximum absolute atomic E-state index is 11.7. The summed E-state index contributed by atoms with van der Waals surface area (Å²) in [6, 6.07) is 0. The summed E-state index contributed by atoms with van der Waals surface area (Å²) in [5.74, 6) is -0.249. The molecule has 0 radical (unpaired) electrons. The molecule has 3 nitrogen and oxygen atoms in total. The number of aliphatic hydroxyl groups is 1. The lowest BCUT2D eigenvalue weighted by Crippen LogP contribution is -2.29. The zero-order valence-electron chi connectivity index (χ0n) is 13.9. The molecule has 0 aliphatic carbocycles. The molecule has 0 saturated heterocycles. The number of aliphatic hydroxyl groups excluding tert-OH is 1. The van der Waals surface area contributed by atoms with Crippen molar-refractivity contribution in [1.29, 1.82) is 0 Å². The van der Waals surface area contributed by atoms with Gasteiger partial charge >= 0.3 is 5.97 Å². The van der Waals surface area contributed by atoms with E-state index in [1.807, 2.05) is 36.5 Å². The van der Waals surface area contributed by atoms with E-state index < -0.39 is 12.2 Å². The smallest absolute Gasteiger partial charge is 0.306 e. The maximum atomic E-state index is 11.7. The Morgan fingerprint density at radius 1 is 1.17 bits per heavy atom. The van der Waals surface area contributed by atoms with Gasteiger partial charge in [-0.15, -0.1) is 0 Å². The van der Waals surface area contributed by atoms with Crippen molar-refractivity contribution in [2.75, 3.05) is 0 Å². The van der Waals surface area contributed by atoms with Gasteiger partial charge in [-0.05, 0) is 38.2 Å². The summed E-state index contributed by atoms with van der Waals surface area (Å²) in [4.78, 5) is 11.7. The molecule has 0 fully saturated rings. The summed E-state index contributed by atoms with van der Waals surface area (Å²) < 4.78 is 5.34. The lowest BCUT2D eigenvalue weighted by Gasteiger charge is -2.20. The van der Waals surface area contributed by atoms with Crippen molar-refractivity contribution in [3.05, 3.63) is 60.8 Å². The summed E-state index contributed by atoms with van der Waals surface area (Å²) in [6.45, 7) is 2.11. The standard InChI is InChI=1S/C20H28O3/c1-2-3-4-5-6-7-8-9-13-16-19-18(21)15-12-10-11-14-17-20(22)23-19/h3-4,6-10,12-13,16,18-19,21H,2,5,11,14-15,17H2,1H3/b4-3-,7-6+,9-8+,12-10-,16-13-/t18-,19+/m1/s1. The highest BCUT2D eigenvalue weighted by molar-refractivity contribution is 5.69. The van der Waals surface area contributed by atoms with Crippen LogP contribution in [0.3, 0.4) is 0 Å². The van der Waals surface area contributed by atoms with Crippen LogP contribution in [-0.2, 0) is 9.53 Å². The Kier molecular flexibility index (Phi) is 10.5. The molecule has 2 atom stereocenters. The van der Waals surface area contributed by atoms with E-state index in [2.05, 4.69) is 25.2 Å². The summed E-state index contributed by atoms with van der Waals surface area (Å²) in [5.41, 5.74) is 0. The molecule has 0 saturated carbocycles. The predicted octanol–water partition coefficient (Wildman–Crippen LogP) is 4.41. The van der Waals surface area contributed by atoms with Gasteiger partial charge in [0.2, 0.25) is 0 Å². The highest BCUT2D eigenvalue weighted by Crippen LogP contribution is 2.12. The molecule has 3 heteroatoms. The van der Waals surface area contributed by atoms with Crippen LogP contribution in [0.1, 0.15) is 45.4 Å². The molecule has 1 N–H and O–H groups in total. The van der Waals surface area contributed by atoms with Crippen molar-refractivity contribution < 1.29 is 14.6 Å². The van der Waals surface area contributed by atoms with Gasteiger partial charge in [0.15, 0.2) is 0 Å². The fourth-order valence-electron chi connectivity index (χ4n) is 2.11. The zero-order chi connectivity index (χ0) is 16.8. The number of rotatable bonds is 6. The van der Waals surface area contributed by atoms with Gasteiger partial charge in [0.25, 0.3) is 0 Å². The third kappa shape index (κ3) is 9.69. The fourth-order valence-corrected chi connectivity index (χ4v) is 2.11. The normalized spacial score (nSPS) is 25.6. The average molecular weight is 316 g/mol. The van der Waals surface area contributed by atoms with E-state index >= 15 is 0 Å². The Morgan fingerprint density at radius 3 is 2.83 bits per heavy atom. The number of carbonyl (C=O) groups excluding carboxylic acids is 1. The molecule has 0 bridgehead atoms. The van der Waals surface area contributed by atoms with Gasteiger partial charge in [-0.2, -0.15) is 0 Å². The Bertz CT molecular complexity index is 469. The van der Waals surface area contributed by atoms with Gasteiger partial charge in [0.1, 0.15) is 6.10 Å². The van der Waals surface area contributed by atoms with Gasteiger partial charge in [0.05, 0.1) is 6.10 Å². The highest BCUT2D eigenvalue weighted by Gasteiger charge is 2.20. The van der Waals surface area contributed by atoms with Gasteiger partial charge in [-0.1, -0.05) is 61.6 Å². The Balaban J connectivity index is 2.49. The second-order valence-corrected chi connectivity index (χ2v) is 5.43. The molecule has 0 aromatic heterocycles. The van der Waals surface area contributed by atoms with E-state index in [0.717, 1.165) is 25.7 Å².